The van der Waals surface area contributed by atoms with Crippen LogP contribution in [0.5, 0.6) is 0 Å². The molecule has 0 aromatic heterocycles. The molecule has 0 radical (unpaired) electrons. The lowest BCUT2D eigenvalue weighted by molar-refractivity contribution is -0.169. The van der Waals surface area contributed by atoms with Crippen molar-refractivity contribution in [3.63, 3.8) is 0 Å². The number of rotatable bonds is 4. The first-order valence-corrected chi connectivity index (χ1v) is 7.89. The Kier molecular flexibility index (Phi) is 5.41. The molecule has 0 amide bonds. The van der Waals surface area contributed by atoms with Gasteiger partial charge in [0.2, 0.25) is 0 Å². The Balaban J connectivity index is 2.35. The molecule has 2 rings (SSSR count). The van der Waals surface area contributed by atoms with Gasteiger partial charge in [0.15, 0.2) is 11.2 Å². The van der Waals surface area contributed by atoms with Crippen molar-refractivity contribution < 1.29 is 19.1 Å². The number of ketones is 1. The van der Waals surface area contributed by atoms with E-state index in [2.05, 4.69) is 15.9 Å². The molecule has 1 fully saturated rings. The predicted octanol–water partition coefficient (Wildman–Crippen LogP) is 3.18. The van der Waals surface area contributed by atoms with E-state index in [1.807, 2.05) is 6.07 Å². The van der Waals surface area contributed by atoms with Gasteiger partial charge in [-0.1, -0.05) is 33.6 Å². The van der Waals surface area contributed by atoms with E-state index in [1.54, 1.807) is 19.1 Å². The van der Waals surface area contributed by atoms with Crippen molar-refractivity contribution in [3.8, 4) is 0 Å². The maximum absolute atomic E-state index is 12.4. The summed E-state index contributed by atoms with van der Waals surface area (Å²) in [6, 6.07) is 5.37. The first kappa shape index (κ1) is 16.5. The zero-order valence-corrected chi connectivity index (χ0v) is 14.0. The summed E-state index contributed by atoms with van der Waals surface area (Å²) in [5, 5.41) is 0.506. The lowest BCUT2D eigenvalue weighted by Crippen LogP contribution is -2.49. The van der Waals surface area contributed by atoms with E-state index >= 15 is 0 Å². The average Bonchev–Trinajstić information content (AvgIpc) is 2.44. The van der Waals surface area contributed by atoms with Crippen LogP contribution in [0.15, 0.2) is 22.7 Å². The standard InChI is InChI=1S/C15H16BrClO4/c1-2-21-14(19)15(9-20-6-5-13(15)18)8-10-3-4-11(16)7-12(10)17/h3-4,7H,2,5-6,8-9H2,1H3. The minimum atomic E-state index is -1.29. The molecule has 114 valence electrons. The van der Waals surface area contributed by atoms with Crippen LogP contribution < -0.4 is 0 Å². The molecule has 6 heteroatoms. The van der Waals surface area contributed by atoms with Crippen LogP contribution in [-0.4, -0.2) is 31.6 Å². The number of hydrogen-bond acceptors (Lipinski definition) is 4. The van der Waals surface area contributed by atoms with Crippen molar-refractivity contribution >= 4 is 39.3 Å². The molecule has 1 unspecified atom stereocenters. The van der Waals surface area contributed by atoms with Crippen molar-refractivity contribution in [2.45, 2.75) is 19.8 Å². The van der Waals surface area contributed by atoms with E-state index in [0.717, 1.165) is 10.0 Å². The van der Waals surface area contributed by atoms with Gasteiger partial charge in [-0.25, -0.2) is 0 Å². The molecule has 1 aromatic carbocycles. The number of ether oxygens (including phenoxy) is 2. The minimum Gasteiger partial charge on any atom is -0.465 e. The normalized spacial score (nSPS) is 22.1. The highest BCUT2D eigenvalue weighted by Crippen LogP contribution is 2.34. The topological polar surface area (TPSA) is 52.6 Å². The molecular formula is C15H16BrClO4. The third-order valence-electron chi connectivity index (χ3n) is 3.53. The summed E-state index contributed by atoms with van der Waals surface area (Å²) in [4.78, 5) is 24.7. The van der Waals surface area contributed by atoms with E-state index in [9.17, 15) is 9.59 Å². The Bertz CT molecular complexity index is 561. The van der Waals surface area contributed by atoms with Crippen LogP contribution in [0, 0.1) is 5.41 Å². The molecule has 0 spiro atoms. The van der Waals surface area contributed by atoms with Gasteiger partial charge in [0.05, 0.1) is 19.8 Å². The molecule has 0 N–H and O–H groups in total. The Morgan fingerprint density at radius 1 is 1.52 bits per heavy atom. The van der Waals surface area contributed by atoms with Gasteiger partial charge in [-0.2, -0.15) is 0 Å². The highest BCUT2D eigenvalue weighted by molar-refractivity contribution is 9.10. The van der Waals surface area contributed by atoms with Crippen molar-refractivity contribution in [3.05, 3.63) is 33.3 Å². The number of hydrogen-bond donors (Lipinski definition) is 0. The van der Waals surface area contributed by atoms with E-state index in [4.69, 9.17) is 21.1 Å². The fraction of sp³-hybridized carbons (Fsp3) is 0.467. The third-order valence-corrected chi connectivity index (χ3v) is 4.37. The van der Waals surface area contributed by atoms with Crippen molar-refractivity contribution in [2.75, 3.05) is 19.8 Å². The summed E-state index contributed by atoms with van der Waals surface area (Å²) in [7, 11) is 0. The summed E-state index contributed by atoms with van der Waals surface area (Å²) in [6.45, 7) is 2.32. The highest BCUT2D eigenvalue weighted by atomic mass is 79.9. The number of benzene rings is 1. The molecule has 0 aliphatic carbocycles. The summed E-state index contributed by atoms with van der Waals surface area (Å²) >= 11 is 9.54. The molecule has 1 heterocycles. The van der Waals surface area contributed by atoms with E-state index in [-0.39, 0.29) is 31.8 Å². The van der Waals surface area contributed by atoms with Gasteiger partial charge in [0, 0.05) is 15.9 Å². The number of halogens is 2. The van der Waals surface area contributed by atoms with Crippen molar-refractivity contribution in [1.29, 1.82) is 0 Å². The van der Waals surface area contributed by atoms with Crippen LogP contribution in [0.1, 0.15) is 18.9 Å². The first-order valence-electron chi connectivity index (χ1n) is 6.72. The Morgan fingerprint density at radius 2 is 2.29 bits per heavy atom. The van der Waals surface area contributed by atoms with Gasteiger partial charge < -0.3 is 9.47 Å². The zero-order valence-electron chi connectivity index (χ0n) is 11.7. The molecular weight excluding hydrogens is 360 g/mol. The predicted molar refractivity (Wildman–Crippen MR) is 82.4 cm³/mol. The second kappa shape index (κ2) is 6.90. The molecule has 1 aliphatic heterocycles. The molecule has 0 bridgehead atoms. The smallest absolute Gasteiger partial charge is 0.322 e. The quantitative estimate of drug-likeness (QED) is 0.599. The summed E-state index contributed by atoms with van der Waals surface area (Å²) in [5.41, 5.74) is -0.557. The second-order valence-corrected chi connectivity index (χ2v) is 6.26. The monoisotopic (exact) mass is 374 g/mol. The van der Waals surface area contributed by atoms with Crippen LogP contribution >= 0.6 is 27.5 Å². The van der Waals surface area contributed by atoms with Crippen LogP contribution in [0.3, 0.4) is 0 Å². The summed E-state index contributed by atoms with van der Waals surface area (Å²) < 4.78 is 11.3. The van der Waals surface area contributed by atoms with Crippen molar-refractivity contribution in [2.24, 2.45) is 5.41 Å². The maximum atomic E-state index is 12.4. The number of carbonyl (C=O) groups is 2. The van der Waals surface area contributed by atoms with Crippen LogP contribution in [0.25, 0.3) is 0 Å². The van der Waals surface area contributed by atoms with Crippen LogP contribution in [0.4, 0.5) is 0 Å². The molecule has 1 saturated heterocycles. The Hall–Kier alpha value is -0.910. The summed E-state index contributed by atoms with van der Waals surface area (Å²) in [5.74, 6) is -0.681. The Labute approximate surface area is 136 Å². The van der Waals surface area contributed by atoms with E-state index < -0.39 is 11.4 Å². The molecule has 1 atom stereocenters. The molecule has 21 heavy (non-hydrogen) atoms. The second-order valence-electron chi connectivity index (χ2n) is 4.94. The van der Waals surface area contributed by atoms with Gasteiger partial charge in [-0.15, -0.1) is 0 Å². The molecule has 0 saturated carbocycles. The summed E-state index contributed by atoms with van der Waals surface area (Å²) in [6.07, 6.45) is 0.406. The van der Waals surface area contributed by atoms with Gasteiger partial charge in [0.1, 0.15) is 0 Å². The molecule has 4 nitrogen and oxygen atoms in total. The van der Waals surface area contributed by atoms with Crippen LogP contribution in [-0.2, 0) is 25.5 Å². The largest absolute Gasteiger partial charge is 0.465 e. The first-order chi connectivity index (χ1) is 9.99. The number of esters is 1. The van der Waals surface area contributed by atoms with Gasteiger partial charge >= 0.3 is 5.97 Å². The number of Topliss-reactive ketones (excluding diaryl/α,β-unsaturated/α-hetero) is 1. The fourth-order valence-corrected chi connectivity index (χ4v) is 3.13. The zero-order chi connectivity index (χ0) is 15.5. The molecule has 1 aromatic rings. The number of carbonyl (C=O) groups excluding carboxylic acids is 2. The lowest BCUT2D eigenvalue weighted by Gasteiger charge is -2.33. The minimum absolute atomic E-state index is 0.0387. The van der Waals surface area contributed by atoms with Gasteiger partial charge in [-0.05, 0) is 31.0 Å². The van der Waals surface area contributed by atoms with Gasteiger partial charge in [-0.3, -0.25) is 9.59 Å². The lowest BCUT2D eigenvalue weighted by atomic mass is 9.76. The molecule has 1 aliphatic rings. The average molecular weight is 376 g/mol. The maximum Gasteiger partial charge on any atom is 0.322 e. The Morgan fingerprint density at radius 3 is 2.90 bits per heavy atom. The van der Waals surface area contributed by atoms with Gasteiger partial charge in [0.25, 0.3) is 0 Å². The SMILES string of the molecule is CCOC(=O)C1(Cc2ccc(Br)cc2Cl)COCCC1=O. The highest BCUT2D eigenvalue weighted by Gasteiger charge is 2.49. The fourth-order valence-electron chi connectivity index (χ4n) is 2.38. The van der Waals surface area contributed by atoms with E-state index in [1.165, 1.54) is 0 Å². The van der Waals surface area contributed by atoms with Crippen LogP contribution in [0.2, 0.25) is 5.02 Å². The third kappa shape index (κ3) is 3.47. The van der Waals surface area contributed by atoms with Crippen molar-refractivity contribution in [1.82, 2.24) is 0 Å². The van der Waals surface area contributed by atoms with E-state index in [0.29, 0.717) is 11.6 Å².